The van der Waals surface area contributed by atoms with Crippen LogP contribution in [0.4, 0.5) is 22.7 Å². The van der Waals surface area contributed by atoms with E-state index in [2.05, 4.69) is 64.3 Å². The van der Waals surface area contributed by atoms with Crippen molar-refractivity contribution >= 4 is 50.7 Å². The maximum atomic E-state index is 8.17. The highest BCUT2D eigenvalue weighted by Crippen LogP contribution is 2.41. The van der Waals surface area contributed by atoms with Gasteiger partial charge in [-0.15, -0.1) is 0 Å². The molecule has 3 aromatic heterocycles. The molecule has 0 saturated carbocycles. The lowest BCUT2D eigenvalue weighted by Gasteiger charge is -2.20. The molecule has 0 saturated heterocycles. The fourth-order valence-corrected chi connectivity index (χ4v) is 6.77. The summed E-state index contributed by atoms with van der Waals surface area (Å²) in [6.45, 7) is 2.82. The van der Waals surface area contributed by atoms with Crippen molar-refractivity contribution in [1.29, 1.82) is 0 Å². The quantitative estimate of drug-likeness (QED) is 0.167. The van der Waals surface area contributed by atoms with Crippen LogP contribution in [-0.4, -0.2) is 20.5 Å². The van der Waals surface area contributed by atoms with Gasteiger partial charge in [-0.25, -0.2) is 4.98 Å². The van der Waals surface area contributed by atoms with Crippen LogP contribution < -0.4 is 13.9 Å². The number of fused-ring (bicyclic) bond motifs is 4. The van der Waals surface area contributed by atoms with Crippen molar-refractivity contribution in [2.24, 2.45) is 0 Å². The highest BCUT2D eigenvalue weighted by Gasteiger charge is 2.37. The van der Waals surface area contributed by atoms with Crippen LogP contribution in [0.5, 0.6) is 11.5 Å². The van der Waals surface area contributed by atoms with Crippen molar-refractivity contribution in [1.82, 2.24) is 23.7 Å². The molecule has 0 amide bonds. The van der Waals surface area contributed by atoms with Crippen LogP contribution in [-0.2, 0) is 16.2 Å². The van der Waals surface area contributed by atoms with Crippen LogP contribution in [0, 0.1) is 0 Å². The number of ether oxygens (including phenoxy) is 1. The van der Waals surface area contributed by atoms with Gasteiger partial charge in [0.15, 0.2) is 0 Å². The monoisotopic (exact) mass is 706 g/mol. The number of nitrogens with zero attached hydrogens (tertiary/aromatic N) is 5. The van der Waals surface area contributed by atoms with Crippen LogP contribution in [0.2, 0.25) is 0 Å². The summed E-state index contributed by atoms with van der Waals surface area (Å²) in [7, 11) is 0. The molecular formula is C47H47N5O+2. The molecule has 0 atom stereocenters. The SMILES string of the molecule is [2H]C([2H])([2H])C(c1ccc([N+]2=C=[N+](c3cc(Oc4ccc5c6ncccc6n(-c6cc(C(C)(C)C)ccn6)c5c4)cc(C(C)(C)C)c3)c3ccccc32)cc1)(C([2H])([2H])[2H])C([2H])([2H])[2H]. The summed E-state index contributed by atoms with van der Waals surface area (Å²) < 4.78 is 86.1. The third kappa shape index (κ3) is 6.34. The van der Waals surface area contributed by atoms with Crippen LogP contribution >= 0.6 is 0 Å². The number of rotatable bonds is 5. The van der Waals surface area contributed by atoms with E-state index in [0.717, 1.165) is 55.9 Å². The molecule has 8 rings (SSSR count). The van der Waals surface area contributed by atoms with E-state index in [1.54, 1.807) is 10.8 Å². The zero-order chi connectivity index (χ0) is 44.8. The van der Waals surface area contributed by atoms with E-state index in [0.29, 0.717) is 17.2 Å². The molecule has 0 radical (unpaired) electrons. The van der Waals surface area contributed by atoms with Gasteiger partial charge < -0.3 is 4.74 Å². The number of aromatic nitrogens is 3. The minimum atomic E-state index is -3.37. The molecular weight excluding hydrogens is 651 g/mol. The summed E-state index contributed by atoms with van der Waals surface area (Å²) in [5, 5.41) is 0.965. The molecule has 0 unspecified atom stereocenters. The fraction of sp³-hybridized carbons (Fsp3) is 0.255. The second kappa shape index (κ2) is 12.4. The molecule has 0 aliphatic carbocycles. The normalized spacial score (nSPS) is 16.5. The highest BCUT2D eigenvalue weighted by molar-refractivity contribution is 6.07. The second-order valence-electron chi connectivity index (χ2n) is 15.7. The largest absolute Gasteiger partial charge is 0.503 e. The minimum absolute atomic E-state index is 0.0811. The lowest BCUT2D eigenvalue weighted by molar-refractivity contribution is 0.479. The summed E-state index contributed by atoms with van der Waals surface area (Å²) in [6.07, 6.45) is 3.64. The molecule has 1 aliphatic rings. The van der Waals surface area contributed by atoms with Gasteiger partial charge in [0.2, 0.25) is 11.4 Å². The van der Waals surface area contributed by atoms with Gasteiger partial charge in [-0.05, 0) is 84.6 Å². The lowest BCUT2D eigenvalue weighted by atomic mass is 9.86. The number of hydrogen-bond acceptors (Lipinski definition) is 3. The minimum Gasteiger partial charge on any atom is -0.457 e. The molecule has 4 heterocycles. The van der Waals surface area contributed by atoms with Crippen molar-refractivity contribution in [2.45, 2.75) is 78.3 Å². The first-order chi connectivity index (χ1) is 28.9. The van der Waals surface area contributed by atoms with Crippen LogP contribution in [0.15, 0.2) is 122 Å². The smallest absolute Gasteiger partial charge is 0.457 e. The first-order valence-corrected chi connectivity index (χ1v) is 17.7. The van der Waals surface area contributed by atoms with Gasteiger partial charge in [-0.1, -0.05) is 86.4 Å². The predicted octanol–water partition coefficient (Wildman–Crippen LogP) is 12.1. The van der Waals surface area contributed by atoms with Crippen LogP contribution in [0.3, 0.4) is 0 Å². The molecule has 0 bridgehead atoms. The van der Waals surface area contributed by atoms with Gasteiger partial charge >= 0.3 is 6.01 Å². The molecule has 6 heteroatoms. The molecule has 53 heavy (non-hydrogen) atoms. The molecule has 1 aliphatic heterocycles. The average Bonchev–Trinajstić information content (AvgIpc) is 3.72. The maximum absolute atomic E-state index is 8.17. The van der Waals surface area contributed by atoms with Gasteiger partial charge in [0.05, 0.1) is 22.6 Å². The maximum Gasteiger partial charge on any atom is 0.503 e. The van der Waals surface area contributed by atoms with Gasteiger partial charge in [-0.3, -0.25) is 9.55 Å². The summed E-state index contributed by atoms with van der Waals surface area (Å²) >= 11 is 0. The molecule has 7 aromatic rings. The molecule has 4 aromatic carbocycles. The highest BCUT2D eigenvalue weighted by atomic mass is 16.5. The average molecular weight is 707 g/mol. The second-order valence-corrected chi connectivity index (χ2v) is 15.7. The van der Waals surface area contributed by atoms with Gasteiger partial charge in [-0.2, -0.15) is 0 Å². The third-order valence-electron chi connectivity index (χ3n) is 9.71. The van der Waals surface area contributed by atoms with Crippen molar-refractivity contribution in [2.75, 3.05) is 0 Å². The molecule has 0 fully saturated rings. The zero-order valence-electron chi connectivity index (χ0n) is 39.7. The fourth-order valence-electron chi connectivity index (χ4n) is 6.77. The summed E-state index contributed by atoms with van der Waals surface area (Å²) in [5.41, 5.74) is 3.86. The Labute approximate surface area is 325 Å². The Morgan fingerprint density at radius 3 is 2.00 bits per heavy atom. The lowest BCUT2D eigenvalue weighted by Crippen LogP contribution is -2.12. The summed E-state index contributed by atoms with van der Waals surface area (Å²) in [6, 6.07) is 36.9. The molecule has 0 N–H and O–H groups in total. The van der Waals surface area contributed by atoms with E-state index >= 15 is 0 Å². The van der Waals surface area contributed by atoms with Crippen LogP contribution in [0.25, 0.3) is 27.8 Å². The topological polar surface area (TPSA) is 46.0 Å². The Morgan fingerprint density at radius 1 is 0.585 bits per heavy atom. The van der Waals surface area contributed by atoms with E-state index in [1.807, 2.05) is 83.6 Å². The van der Waals surface area contributed by atoms with E-state index in [9.17, 15) is 0 Å². The van der Waals surface area contributed by atoms with Crippen molar-refractivity contribution in [3.8, 4) is 17.3 Å². The first kappa shape index (κ1) is 25.2. The van der Waals surface area contributed by atoms with Gasteiger partial charge in [0.25, 0.3) is 11.4 Å². The van der Waals surface area contributed by atoms with E-state index < -0.39 is 26.0 Å². The van der Waals surface area contributed by atoms with E-state index in [1.165, 1.54) is 24.3 Å². The third-order valence-corrected chi connectivity index (χ3v) is 9.71. The number of pyridine rings is 2. The predicted molar refractivity (Wildman–Crippen MR) is 220 cm³/mol. The Morgan fingerprint density at radius 2 is 1.30 bits per heavy atom. The van der Waals surface area contributed by atoms with Crippen LogP contribution in [0.1, 0.15) is 91.1 Å². The summed E-state index contributed by atoms with van der Waals surface area (Å²) in [4.78, 5) is 9.56. The summed E-state index contributed by atoms with van der Waals surface area (Å²) in [5.74, 6) is 1.99. The van der Waals surface area contributed by atoms with Crippen molar-refractivity contribution in [3.05, 3.63) is 138 Å². The van der Waals surface area contributed by atoms with Crippen molar-refractivity contribution in [3.63, 3.8) is 0 Å². The Hall–Kier alpha value is -5.84. The van der Waals surface area contributed by atoms with Crippen molar-refractivity contribution < 1.29 is 17.1 Å². The number of benzene rings is 4. The molecule has 6 nitrogen and oxygen atoms in total. The molecule has 264 valence electrons. The Kier molecular flexibility index (Phi) is 5.89. The number of hydrogen-bond donors (Lipinski definition) is 0. The zero-order valence-corrected chi connectivity index (χ0v) is 30.7. The first-order valence-electron chi connectivity index (χ1n) is 22.2. The Bertz CT molecular complexity index is 2920. The van der Waals surface area contributed by atoms with E-state index in [4.69, 9.17) is 27.0 Å². The Balaban J connectivity index is 1.25. The molecule has 0 spiro atoms. The van der Waals surface area contributed by atoms with Gasteiger partial charge in [0.1, 0.15) is 17.3 Å². The van der Waals surface area contributed by atoms with E-state index in [-0.39, 0.29) is 16.4 Å². The number of para-hydroxylation sites is 2. The standard InChI is InChI=1S/C47H47N5O/c1-45(2,3)31-16-18-34(19-17-31)50-30-51(40-14-11-10-13-39(40)50)35-25-33(47(7,8)9)26-37(28-35)53-36-20-21-38-42(29-36)52(41-15-12-23-49-44(38)41)43-27-32(22-24-48-43)46(4,5)6/h10-29H,1-9H3/q+2/i1D3,2D3,3D3. The van der Waals surface area contributed by atoms with Gasteiger partial charge in [0, 0.05) is 66.5 Å².